The van der Waals surface area contributed by atoms with Crippen LogP contribution in [0.15, 0.2) is 30.3 Å². The molecule has 0 aromatic heterocycles. The van der Waals surface area contributed by atoms with E-state index in [-0.39, 0.29) is 5.91 Å². The number of rotatable bonds is 6. The minimum atomic E-state index is -0.449. The molecule has 3 N–H and O–H groups in total. The monoisotopic (exact) mass is 222 g/mol. The third kappa shape index (κ3) is 4.79. The Hall–Kier alpha value is -1.55. The van der Waals surface area contributed by atoms with Crippen molar-refractivity contribution in [3.63, 3.8) is 0 Å². The van der Waals surface area contributed by atoms with E-state index in [4.69, 9.17) is 10.5 Å². The summed E-state index contributed by atoms with van der Waals surface area (Å²) < 4.78 is 5.47. The van der Waals surface area contributed by atoms with Crippen LogP contribution in [0, 0.1) is 0 Å². The van der Waals surface area contributed by atoms with Crippen molar-refractivity contribution in [2.45, 2.75) is 19.4 Å². The highest BCUT2D eigenvalue weighted by Gasteiger charge is 2.04. The molecule has 1 aromatic carbocycles. The summed E-state index contributed by atoms with van der Waals surface area (Å²) in [6.45, 7) is 2.84. The molecule has 4 nitrogen and oxygen atoms in total. The molecule has 1 amide bonds. The second kappa shape index (κ2) is 6.85. The molecule has 4 heteroatoms. The number of para-hydroxylation sites is 1. The lowest BCUT2D eigenvalue weighted by Crippen LogP contribution is -2.38. The number of benzene rings is 1. The number of nitrogens with one attached hydrogen (secondary N) is 1. The zero-order chi connectivity index (χ0) is 11.8. The Labute approximate surface area is 95.8 Å². The normalized spacial score (nSPS) is 11.9. The first-order valence-electron chi connectivity index (χ1n) is 5.41. The van der Waals surface area contributed by atoms with Crippen LogP contribution >= 0.6 is 0 Å². The molecule has 16 heavy (non-hydrogen) atoms. The molecular weight excluding hydrogens is 204 g/mol. The Bertz CT molecular complexity index is 312. The summed E-state index contributed by atoms with van der Waals surface area (Å²) in [4.78, 5) is 11.1. The quantitative estimate of drug-likeness (QED) is 0.703. The summed E-state index contributed by atoms with van der Waals surface area (Å²) in [6.07, 6.45) is 0.771. The van der Waals surface area contributed by atoms with Crippen LogP contribution < -0.4 is 15.8 Å². The molecular formula is C12H18N2O2. The minimum absolute atomic E-state index is 0.125. The average Bonchev–Trinajstić information content (AvgIpc) is 2.29. The fourth-order valence-corrected chi connectivity index (χ4v) is 1.15. The van der Waals surface area contributed by atoms with Gasteiger partial charge in [-0.1, -0.05) is 18.2 Å². The first kappa shape index (κ1) is 12.5. The van der Waals surface area contributed by atoms with E-state index in [1.165, 1.54) is 0 Å². The average molecular weight is 222 g/mol. The number of hydrogen-bond donors (Lipinski definition) is 2. The van der Waals surface area contributed by atoms with Crippen molar-refractivity contribution in [1.29, 1.82) is 0 Å². The van der Waals surface area contributed by atoms with Crippen molar-refractivity contribution in [1.82, 2.24) is 5.32 Å². The second-order valence-electron chi connectivity index (χ2n) is 3.59. The fraction of sp³-hybridized carbons (Fsp3) is 0.417. The van der Waals surface area contributed by atoms with E-state index in [2.05, 4.69) is 5.32 Å². The summed E-state index contributed by atoms with van der Waals surface area (Å²) >= 11 is 0. The van der Waals surface area contributed by atoms with Crippen LogP contribution in [-0.2, 0) is 4.79 Å². The lowest BCUT2D eigenvalue weighted by atomic mass is 10.3. The van der Waals surface area contributed by atoms with Gasteiger partial charge in [-0.25, -0.2) is 0 Å². The topological polar surface area (TPSA) is 64.4 Å². The lowest BCUT2D eigenvalue weighted by Gasteiger charge is -2.08. The summed E-state index contributed by atoms with van der Waals surface area (Å²) in [7, 11) is 0. The van der Waals surface area contributed by atoms with Crippen LogP contribution in [-0.4, -0.2) is 25.1 Å². The lowest BCUT2D eigenvalue weighted by molar-refractivity contribution is -0.121. The fourth-order valence-electron chi connectivity index (χ4n) is 1.15. The van der Waals surface area contributed by atoms with Gasteiger partial charge in [0, 0.05) is 6.54 Å². The van der Waals surface area contributed by atoms with Crippen LogP contribution in [0.2, 0.25) is 0 Å². The Morgan fingerprint density at radius 3 is 2.75 bits per heavy atom. The first-order chi connectivity index (χ1) is 7.70. The Morgan fingerprint density at radius 1 is 1.44 bits per heavy atom. The maximum Gasteiger partial charge on any atom is 0.236 e. The van der Waals surface area contributed by atoms with Gasteiger partial charge in [0.05, 0.1) is 12.6 Å². The number of amides is 1. The number of carbonyl (C=O) groups is 1. The predicted octanol–water partition coefficient (Wildman–Crippen LogP) is 0.919. The van der Waals surface area contributed by atoms with Gasteiger partial charge >= 0.3 is 0 Å². The second-order valence-corrected chi connectivity index (χ2v) is 3.59. The van der Waals surface area contributed by atoms with E-state index in [9.17, 15) is 4.79 Å². The molecule has 1 atom stereocenters. The van der Waals surface area contributed by atoms with Crippen molar-refractivity contribution >= 4 is 5.91 Å². The third-order valence-corrected chi connectivity index (χ3v) is 2.05. The molecule has 0 heterocycles. The highest BCUT2D eigenvalue weighted by molar-refractivity contribution is 5.80. The molecule has 0 saturated carbocycles. The van der Waals surface area contributed by atoms with Crippen molar-refractivity contribution in [3.8, 4) is 5.75 Å². The third-order valence-electron chi connectivity index (χ3n) is 2.05. The van der Waals surface area contributed by atoms with Crippen molar-refractivity contribution in [2.24, 2.45) is 5.73 Å². The van der Waals surface area contributed by atoms with E-state index in [1.54, 1.807) is 6.92 Å². The van der Waals surface area contributed by atoms with Crippen LogP contribution in [0.25, 0.3) is 0 Å². The zero-order valence-corrected chi connectivity index (χ0v) is 9.48. The van der Waals surface area contributed by atoms with Gasteiger partial charge in [0.1, 0.15) is 5.75 Å². The van der Waals surface area contributed by atoms with Crippen LogP contribution in [0.5, 0.6) is 5.75 Å². The Balaban J connectivity index is 2.07. The molecule has 1 aromatic rings. The summed E-state index contributed by atoms with van der Waals surface area (Å²) in [5.74, 6) is 0.723. The van der Waals surface area contributed by atoms with Crippen LogP contribution in [0.1, 0.15) is 13.3 Å². The molecule has 0 aliphatic carbocycles. The Morgan fingerprint density at radius 2 is 2.12 bits per heavy atom. The molecule has 0 bridgehead atoms. The largest absolute Gasteiger partial charge is 0.494 e. The predicted molar refractivity (Wildman–Crippen MR) is 63.2 cm³/mol. The smallest absolute Gasteiger partial charge is 0.236 e. The van der Waals surface area contributed by atoms with E-state index in [0.29, 0.717) is 13.2 Å². The molecule has 0 saturated heterocycles. The first-order valence-corrected chi connectivity index (χ1v) is 5.41. The van der Waals surface area contributed by atoms with Crippen LogP contribution in [0.3, 0.4) is 0 Å². The maximum atomic E-state index is 11.1. The molecule has 0 spiro atoms. The van der Waals surface area contributed by atoms with E-state index >= 15 is 0 Å². The van der Waals surface area contributed by atoms with Crippen LogP contribution in [0.4, 0.5) is 0 Å². The standard InChI is InChI=1S/C12H18N2O2/c1-10(13)12(15)14-8-5-9-16-11-6-3-2-4-7-11/h2-4,6-7,10H,5,8-9,13H2,1H3,(H,14,15). The van der Waals surface area contributed by atoms with E-state index in [1.807, 2.05) is 30.3 Å². The molecule has 0 aliphatic rings. The van der Waals surface area contributed by atoms with E-state index < -0.39 is 6.04 Å². The van der Waals surface area contributed by atoms with Gasteiger partial charge < -0.3 is 15.8 Å². The highest BCUT2D eigenvalue weighted by Crippen LogP contribution is 2.07. The number of carbonyl (C=O) groups excluding carboxylic acids is 1. The molecule has 0 radical (unpaired) electrons. The van der Waals surface area contributed by atoms with Gasteiger partial charge in [-0.2, -0.15) is 0 Å². The molecule has 0 fully saturated rings. The van der Waals surface area contributed by atoms with Gasteiger partial charge in [0.25, 0.3) is 0 Å². The van der Waals surface area contributed by atoms with Gasteiger partial charge in [-0.05, 0) is 25.5 Å². The number of hydrogen-bond acceptors (Lipinski definition) is 3. The SMILES string of the molecule is CC(N)C(=O)NCCCOc1ccccc1. The maximum absolute atomic E-state index is 11.1. The molecule has 88 valence electrons. The molecule has 1 unspecified atom stereocenters. The van der Waals surface area contributed by atoms with Crippen molar-refractivity contribution in [3.05, 3.63) is 30.3 Å². The summed E-state index contributed by atoms with van der Waals surface area (Å²) in [5.41, 5.74) is 5.40. The van der Waals surface area contributed by atoms with Gasteiger partial charge in [0.2, 0.25) is 5.91 Å². The van der Waals surface area contributed by atoms with Gasteiger partial charge in [-0.15, -0.1) is 0 Å². The van der Waals surface area contributed by atoms with Gasteiger partial charge in [0.15, 0.2) is 0 Å². The highest BCUT2D eigenvalue weighted by atomic mass is 16.5. The molecule has 0 aliphatic heterocycles. The summed E-state index contributed by atoms with van der Waals surface area (Å²) in [6, 6.07) is 9.15. The van der Waals surface area contributed by atoms with Crippen molar-refractivity contribution in [2.75, 3.05) is 13.2 Å². The summed E-state index contributed by atoms with van der Waals surface area (Å²) in [5, 5.41) is 2.72. The van der Waals surface area contributed by atoms with E-state index in [0.717, 1.165) is 12.2 Å². The van der Waals surface area contributed by atoms with Gasteiger partial charge in [-0.3, -0.25) is 4.79 Å². The minimum Gasteiger partial charge on any atom is -0.494 e. The molecule has 1 rings (SSSR count). The zero-order valence-electron chi connectivity index (χ0n) is 9.48. The Kier molecular flexibility index (Phi) is 5.36. The van der Waals surface area contributed by atoms with Crippen molar-refractivity contribution < 1.29 is 9.53 Å². The number of nitrogens with two attached hydrogens (primary N) is 1. The number of ether oxygens (including phenoxy) is 1.